The van der Waals surface area contributed by atoms with Crippen LogP contribution in [0, 0.1) is 10.5 Å². The molecule has 0 unspecified atom stereocenters. The van der Waals surface area contributed by atoms with E-state index in [4.69, 9.17) is 4.74 Å². The molecule has 0 spiro atoms. The van der Waals surface area contributed by atoms with Gasteiger partial charge in [-0.2, -0.15) is 0 Å². The van der Waals surface area contributed by atoms with Gasteiger partial charge in [-0.15, -0.1) is 0 Å². The standard InChI is InChI=1S/C10H10INO/c1-6-10(11)8-5-7(13-2)3-4-9(8)12-6/h3-5,12H,1-2H3. The number of hydrogen-bond acceptors (Lipinski definition) is 1. The molecule has 1 aromatic heterocycles. The molecule has 13 heavy (non-hydrogen) atoms. The van der Waals surface area contributed by atoms with Crippen LogP contribution in [-0.2, 0) is 0 Å². The Bertz CT molecular complexity index is 447. The molecular formula is C10H10INO. The lowest BCUT2D eigenvalue weighted by molar-refractivity contribution is 0.415. The lowest BCUT2D eigenvalue weighted by Crippen LogP contribution is -1.81. The highest BCUT2D eigenvalue weighted by molar-refractivity contribution is 14.1. The second-order valence-corrected chi connectivity index (χ2v) is 4.05. The van der Waals surface area contributed by atoms with Gasteiger partial charge in [0.05, 0.1) is 7.11 Å². The summed E-state index contributed by atoms with van der Waals surface area (Å²) >= 11 is 2.34. The zero-order valence-electron chi connectivity index (χ0n) is 7.52. The number of methoxy groups -OCH3 is 1. The fraction of sp³-hybridized carbons (Fsp3) is 0.200. The van der Waals surface area contributed by atoms with E-state index in [-0.39, 0.29) is 0 Å². The summed E-state index contributed by atoms with van der Waals surface area (Å²) in [6.07, 6.45) is 0. The number of ether oxygens (including phenoxy) is 1. The summed E-state index contributed by atoms with van der Waals surface area (Å²) < 4.78 is 6.44. The molecule has 2 aromatic rings. The number of fused-ring (bicyclic) bond motifs is 1. The fourth-order valence-electron chi connectivity index (χ4n) is 1.40. The lowest BCUT2D eigenvalue weighted by atomic mass is 10.2. The van der Waals surface area contributed by atoms with Gasteiger partial charge in [-0.25, -0.2) is 0 Å². The van der Waals surface area contributed by atoms with E-state index in [0.29, 0.717) is 0 Å². The SMILES string of the molecule is COc1ccc2[nH]c(C)c(I)c2c1. The zero-order chi connectivity index (χ0) is 9.42. The number of aromatic amines is 1. The normalized spacial score (nSPS) is 10.7. The topological polar surface area (TPSA) is 25.0 Å². The van der Waals surface area contributed by atoms with E-state index < -0.39 is 0 Å². The van der Waals surface area contributed by atoms with E-state index in [2.05, 4.69) is 40.6 Å². The molecule has 3 heteroatoms. The highest BCUT2D eigenvalue weighted by Gasteiger charge is 2.05. The Morgan fingerprint density at radius 2 is 2.15 bits per heavy atom. The summed E-state index contributed by atoms with van der Waals surface area (Å²) in [5.74, 6) is 0.907. The number of aryl methyl sites for hydroxylation is 1. The summed E-state index contributed by atoms with van der Waals surface area (Å²) in [5, 5.41) is 1.23. The van der Waals surface area contributed by atoms with Crippen molar-refractivity contribution < 1.29 is 4.74 Å². The number of rotatable bonds is 1. The van der Waals surface area contributed by atoms with Crippen molar-refractivity contribution in [2.45, 2.75) is 6.92 Å². The highest BCUT2D eigenvalue weighted by Crippen LogP contribution is 2.27. The van der Waals surface area contributed by atoms with Crippen molar-refractivity contribution in [3.05, 3.63) is 27.5 Å². The first-order chi connectivity index (χ1) is 6.22. The van der Waals surface area contributed by atoms with Crippen molar-refractivity contribution in [2.24, 2.45) is 0 Å². The monoisotopic (exact) mass is 287 g/mol. The Morgan fingerprint density at radius 1 is 1.38 bits per heavy atom. The molecule has 0 fully saturated rings. The molecule has 0 aliphatic rings. The molecule has 1 N–H and O–H groups in total. The van der Waals surface area contributed by atoms with Gasteiger partial charge in [0, 0.05) is 20.2 Å². The predicted octanol–water partition coefficient (Wildman–Crippen LogP) is 3.09. The maximum Gasteiger partial charge on any atom is 0.119 e. The smallest absolute Gasteiger partial charge is 0.119 e. The molecule has 0 bridgehead atoms. The highest BCUT2D eigenvalue weighted by atomic mass is 127. The van der Waals surface area contributed by atoms with E-state index in [1.54, 1.807) is 7.11 Å². The van der Waals surface area contributed by atoms with Crippen LogP contribution in [0.2, 0.25) is 0 Å². The molecule has 2 rings (SSSR count). The van der Waals surface area contributed by atoms with E-state index in [9.17, 15) is 0 Å². The summed E-state index contributed by atoms with van der Waals surface area (Å²) in [6.45, 7) is 2.08. The van der Waals surface area contributed by atoms with Gasteiger partial charge in [-0.1, -0.05) is 0 Å². The van der Waals surface area contributed by atoms with Crippen molar-refractivity contribution in [1.82, 2.24) is 4.98 Å². The van der Waals surface area contributed by atoms with Gasteiger partial charge in [0.2, 0.25) is 0 Å². The molecule has 0 aliphatic heterocycles. The van der Waals surface area contributed by atoms with Crippen molar-refractivity contribution >= 4 is 33.5 Å². The quantitative estimate of drug-likeness (QED) is 0.801. The average Bonchev–Trinajstić information content (AvgIpc) is 2.43. The first-order valence-corrected chi connectivity index (χ1v) is 5.12. The van der Waals surface area contributed by atoms with Gasteiger partial charge < -0.3 is 9.72 Å². The van der Waals surface area contributed by atoms with Crippen molar-refractivity contribution in [3.8, 4) is 5.75 Å². The van der Waals surface area contributed by atoms with Gasteiger partial charge >= 0.3 is 0 Å². The van der Waals surface area contributed by atoms with Crippen LogP contribution in [0.15, 0.2) is 18.2 Å². The van der Waals surface area contributed by atoms with Crippen LogP contribution in [0.1, 0.15) is 5.69 Å². The van der Waals surface area contributed by atoms with E-state index >= 15 is 0 Å². The van der Waals surface area contributed by atoms with Crippen LogP contribution >= 0.6 is 22.6 Å². The molecule has 0 saturated heterocycles. The maximum absolute atomic E-state index is 5.17. The van der Waals surface area contributed by atoms with E-state index in [1.165, 1.54) is 20.2 Å². The third-order valence-electron chi connectivity index (χ3n) is 2.11. The van der Waals surface area contributed by atoms with Crippen LogP contribution < -0.4 is 4.74 Å². The zero-order valence-corrected chi connectivity index (χ0v) is 9.68. The lowest BCUT2D eigenvalue weighted by Gasteiger charge is -1.98. The molecule has 1 heterocycles. The second-order valence-electron chi connectivity index (χ2n) is 2.98. The molecule has 0 atom stereocenters. The molecular weight excluding hydrogens is 277 g/mol. The minimum Gasteiger partial charge on any atom is -0.497 e. The number of H-pyrrole nitrogens is 1. The number of halogens is 1. The first-order valence-electron chi connectivity index (χ1n) is 4.04. The predicted molar refractivity (Wildman–Crippen MR) is 62.3 cm³/mol. The van der Waals surface area contributed by atoms with E-state index in [0.717, 1.165) is 5.75 Å². The minimum atomic E-state index is 0.907. The second kappa shape index (κ2) is 3.21. The fourth-order valence-corrected chi connectivity index (χ4v) is 1.98. The molecule has 0 saturated carbocycles. The number of nitrogens with one attached hydrogen (secondary N) is 1. The van der Waals surface area contributed by atoms with Crippen LogP contribution in [0.5, 0.6) is 5.75 Å². The van der Waals surface area contributed by atoms with Gasteiger partial charge in [0.15, 0.2) is 0 Å². The Kier molecular flexibility index (Phi) is 2.19. The maximum atomic E-state index is 5.17. The van der Waals surface area contributed by atoms with Crippen molar-refractivity contribution in [3.63, 3.8) is 0 Å². The molecule has 0 radical (unpaired) electrons. The average molecular weight is 287 g/mol. The Hall–Kier alpha value is -0.710. The van der Waals surface area contributed by atoms with Crippen molar-refractivity contribution in [2.75, 3.05) is 7.11 Å². The van der Waals surface area contributed by atoms with Crippen molar-refractivity contribution in [1.29, 1.82) is 0 Å². The van der Waals surface area contributed by atoms with Crippen LogP contribution in [0.25, 0.3) is 10.9 Å². The summed E-state index contributed by atoms with van der Waals surface area (Å²) in [5.41, 5.74) is 2.38. The Labute approximate surface area is 90.4 Å². The van der Waals surface area contributed by atoms with Crippen LogP contribution in [-0.4, -0.2) is 12.1 Å². The van der Waals surface area contributed by atoms with Crippen LogP contribution in [0.4, 0.5) is 0 Å². The van der Waals surface area contributed by atoms with Gasteiger partial charge in [0.1, 0.15) is 5.75 Å². The summed E-state index contributed by atoms with van der Waals surface area (Å²) in [4.78, 5) is 3.31. The van der Waals surface area contributed by atoms with Gasteiger partial charge in [-0.3, -0.25) is 0 Å². The first kappa shape index (κ1) is 8.87. The number of aromatic nitrogens is 1. The molecule has 68 valence electrons. The molecule has 0 aliphatic carbocycles. The molecule has 1 aromatic carbocycles. The molecule has 2 nitrogen and oxygen atoms in total. The molecule has 0 amide bonds. The minimum absolute atomic E-state index is 0.907. The number of benzene rings is 1. The largest absolute Gasteiger partial charge is 0.497 e. The summed E-state index contributed by atoms with van der Waals surface area (Å²) in [7, 11) is 1.69. The van der Waals surface area contributed by atoms with Gasteiger partial charge in [0.25, 0.3) is 0 Å². The Balaban J connectivity index is 2.75. The van der Waals surface area contributed by atoms with Crippen LogP contribution in [0.3, 0.4) is 0 Å². The van der Waals surface area contributed by atoms with E-state index in [1.807, 2.05) is 12.1 Å². The third kappa shape index (κ3) is 1.41. The third-order valence-corrected chi connectivity index (χ3v) is 3.50. The summed E-state index contributed by atoms with van der Waals surface area (Å²) in [6, 6.07) is 6.07. The Morgan fingerprint density at radius 3 is 2.85 bits per heavy atom. The number of hydrogen-bond donors (Lipinski definition) is 1. The van der Waals surface area contributed by atoms with Gasteiger partial charge in [-0.05, 0) is 47.7 Å².